The Hall–Kier alpha value is -2.23. The largest absolute Gasteiger partial charge is 1.00 e. The van der Waals surface area contributed by atoms with Gasteiger partial charge in [-0.1, -0.05) is 54.8 Å². The molecule has 3 atom stereocenters. The molecule has 1 saturated carbocycles. The Balaban J connectivity index is 0.00000324. The number of halogens is 1. The summed E-state index contributed by atoms with van der Waals surface area (Å²) in [6.07, 6.45) is 7.96. The molecule has 1 aliphatic carbocycles. The smallest absolute Gasteiger partial charge is 0.343 e. The SMILES string of the molecule is C[N+]1(CC(=O)Nc2ccon2)CCCC1COC(=O)C(O)(c1ccccc1)C1CCCCC1.[Br-]. The van der Waals surface area contributed by atoms with Gasteiger partial charge in [0.15, 0.2) is 18.0 Å². The second-order valence-electron chi connectivity index (χ2n) is 9.66. The lowest BCUT2D eigenvalue weighted by Crippen LogP contribution is -3.00. The summed E-state index contributed by atoms with van der Waals surface area (Å²) in [5.74, 6) is -0.508. The van der Waals surface area contributed by atoms with Gasteiger partial charge < -0.3 is 41.1 Å². The van der Waals surface area contributed by atoms with Crippen molar-refractivity contribution in [2.75, 3.05) is 32.1 Å². The summed E-state index contributed by atoms with van der Waals surface area (Å²) in [6, 6.07) is 10.8. The molecule has 2 aliphatic rings. The van der Waals surface area contributed by atoms with Crippen LogP contribution in [-0.2, 0) is 19.9 Å². The zero-order chi connectivity index (χ0) is 23.3. The van der Waals surface area contributed by atoms with Gasteiger partial charge in [-0.15, -0.1) is 0 Å². The van der Waals surface area contributed by atoms with Gasteiger partial charge in [0.1, 0.15) is 18.9 Å². The number of carbonyl (C=O) groups is 2. The number of amides is 1. The van der Waals surface area contributed by atoms with E-state index in [0.29, 0.717) is 15.9 Å². The number of nitrogens with zero attached hydrogens (tertiary/aromatic N) is 2. The first-order valence-corrected chi connectivity index (χ1v) is 11.9. The molecule has 9 heteroatoms. The lowest BCUT2D eigenvalue weighted by molar-refractivity contribution is -0.913. The van der Waals surface area contributed by atoms with E-state index in [4.69, 9.17) is 9.26 Å². The van der Waals surface area contributed by atoms with Crippen LogP contribution in [-0.4, -0.2) is 59.4 Å². The van der Waals surface area contributed by atoms with Crippen molar-refractivity contribution in [3.05, 3.63) is 48.2 Å². The number of aromatic nitrogens is 1. The molecule has 1 saturated heterocycles. The summed E-state index contributed by atoms with van der Waals surface area (Å²) in [5, 5.41) is 18.2. The van der Waals surface area contributed by atoms with Crippen LogP contribution in [0.4, 0.5) is 5.82 Å². The lowest BCUT2D eigenvalue weighted by Gasteiger charge is -2.38. The monoisotopic (exact) mass is 535 g/mol. The van der Waals surface area contributed by atoms with Crippen molar-refractivity contribution in [2.45, 2.75) is 56.6 Å². The van der Waals surface area contributed by atoms with Crippen LogP contribution < -0.4 is 22.3 Å². The van der Waals surface area contributed by atoms with Crippen LogP contribution in [0.3, 0.4) is 0 Å². The maximum absolute atomic E-state index is 13.4. The molecule has 2 heterocycles. The van der Waals surface area contributed by atoms with Crippen LogP contribution in [0.25, 0.3) is 0 Å². The molecule has 8 nitrogen and oxygen atoms in total. The molecule has 0 radical (unpaired) electrons. The Bertz CT molecular complexity index is 935. The molecule has 2 aromatic rings. The number of aliphatic hydroxyl groups is 1. The molecular weight excluding hydrogens is 502 g/mol. The van der Waals surface area contributed by atoms with E-state index < -0.39 is 11.6 Å². The van der Waals surface area contributed by atoms with Crippen molar-refractivity contribution in [2.24, 2.45) is 5.92 Å². The van der Waals surface area contributed by atoms with Crippen LogP contribution in [0, 0.1) is 5.92 Å². The molecule has 0 bridgehead atoms. The molecule has 1 aromatic carbocycles. The minimum absolute atomic E-state index is 0. The Labute approximate surface area is 211 Å². The maximum atomic E-state index is 13.4. The minimum atomic E-state index is -1.64. The average Bonchev–Trinajstić information content (AvgIpc) is 3.47. The summed E-state index contributed by atoms with van der Waals surface area (Å²) < 4.78 is 11.1. The highest BCUT2D eigenvalue weighted by Gasteiger charge is 2.48. The summed E-state index contributed by atoms with van der Waals surface area (Å²) in [5.41, 5.74) is -1.05. The number of quaternary nitrogens is 1. The number of esters is 1. The number of likely N-dealkylation sites (tertiary alicyclic amines) is 1. The number of hydrogen-bond acceptors (Lipinski definition) is 6. The van der Waals surface area contributed by atoms with E-state index in [1.54, 1.807) is 18.2 Å². The van der Waals surface area contributed by atoms with E-state index in [1.165, 1.54) is 6.26 Å². The molecule has 1 amide bonds. The molecule has 186 valence electrons. The first-order valence-electron chi connectivity index (χ1n) is 11.9. The fourth-order valence-corrected chi connectivity index (χ4v) is 5.46. The zero-order valence-electron chi connectivity index (χ0n) is 19.6. The number of carbonyl (C=O) groups excluding carboxylic acids is 2. The van der Waals surface area contributed by atoms with E-state index in [-0.39, 0.29) is 48.0 Å². The van der Waals surface area contributed by atoms with E-state index in [9.17, 15) is 14.7 Å². The van der Waals surface area contributed by atoms with E-state index in [0.717, 1.165) is 51.5 Å². The first kappa shape index (κ1) is 26.4. The van der Waals surface area contributed by atoms with Crippen LogP contribution in [0.15, 0.2) is 47.2 Å². The number of benzene rings is 1. The van der Waals surface area contributed by atoms with Crippen molar-refractivity contribution < 1.29 is 45.4 Å². The van der Waals surface area contributed by atoms with Crippen molar-refractivity contribution >= 4 is 17.7 Å². The average molecular weight is 536 g/mol. The van der Waals surface area contributed by atoms with Crippen LogP contribution in [0.5, 0.6) is 0 Å². The highest BCUT2D eigenvalue weighted by atomic mass is 79.9. The highest BCUT2D eigenvalue weighted by molar-refractivity contribution is 5.90. The fraction of sp³-hybridized carbons (Fsp3) is 0.560. The molecule has 1 aromatic heterocycles. The Morgan fingerprint density at radius 3 is 2.56 bits per heavy atom. The van der Waals surface area contributed by atoms with Crippen molar-refractivity contribution in [3.8, 4) is 0 Å². The van der Waals surface area contributed by atoms with Gasteiger partial charge in [0, 0.05) is 24.8 Å². The molecule has 2 fully saturated rings. The predicted octanol–water partition coefficient (Wildman–Crippen LogP) is 0.237. The summed E-state index contributed by atoms with van der Waals surface area (Å²) in [6.45, 7) is 1.25. The summed E-state index contributed by atoms with van der Waals surface area (Å²) in [4.78, 5) is 25.9. The third kappa shape index (κ3) is 5.70. The lowest BCUT2D eigenvalue weighted by atomic mass is 9.73. The number of rotatable bonds is 8. The van der Waals surface area contributed by atoms with Crippen LogP contribution >= 0.6 is 0 Å². The molecule has 2 N–H and O–H groups in total. The normalized spacial score (nSPS) is 24.6. The summed E-state index contributed by atoms with van der Waals surface area (Å²) >= 11 is 0. The molecule has 0 spiro atoms. The molecule has 3 unspecified atom stereocenters. The van der Waals surface area contributed by atoms with E-state index >= 15 is 0 Å². The third-order valence-electron chi connectivity index (χ3n) is 7.43. The quantitative estimate of drug-likeness (QED) is 0.371. The van der Waals surface area contributed by atoms with E-state index in [1.807, 2.05) is 25.2 Å². The number of ether oxygens (including phenoxy) is 1. The molecular formula is C25H34BrN3O5. The van der Waals surface area contributed by atoms with Gasteiger partial charge in [-0.2, -0.15) is 0 Å². The number of hydrogen-bond donors (Lipinski definition) is 2. The fourth-order valence-electron chi connectivity index (χ4n) is 5.46. The van der Waals surface area contributed by atoms with Gasteiger partial charge in [-0.25, -0.2) is 4.79 Å². The Morgan fingerprint density at radius 2 is 1.88 bits per heavy atom. The Kier molecular flexibility index (Phi) is 8.89. The maximum Gasteiger partial charge on any atom is 0.343 e. The van der Waals surface area contributed by atoms with Crippen molar-refractivity contribution in [3.63, 3.8) is 0 Å². The number of likely N-dealkylation sites (N-methyl/N-ethyl adjacent to an activating group) is 1. The second-order valence-corrected chi connectivity index (χ2v) is 9.66. The topological polar surface area (TPSA) is 102 Å². The third-order valence-corrected chi connectivity index (χ3v) is 7.43. The van der Waals surface area contributed by atoms with Gasteiger partial charge in [-0.05, 0) is 18.4 Å². The molecule has 1 aliphatic heterocycles. The number of anilines is 1. The zero-order valence-corrected chi connectivity index (χ0v) is 21.2. The second kappa shape index (κ2) is 11.5. The first-order chi connectivity index (χ1) is 15.9. The van der Waals surface area contributed by atoms with Gasteiger partial charge in [0.2, 0.25) is 0 Å². The molecule has 34 heavy (non-hydrogen) atoms. The van der Waals surface area contributed by atoms with Crippen molar-refractivity contribution in [1.82, 2.24) is 5.16 Å². The molecule has 4 rings (SSSR count). The minimum Gasteiger partial charge on any atom is -1.00 e. The van der Waals surface area contributed by atoms with Gasteiger partial charge in [0.25, 0.3) is 5.91 Å². The van der Waals surface area contributed by atoms with Crippen LogP contribution in [0.1, 0.15) is 50.5 Å². The highest BCUT2D eigenvalue weighted by Crippen LogP contribution is 2.40. The predicted molar refractivity (Wildman–Crippen MR) is 122 cm³/mol. The van der Waals surface area contributed by atoms with E-state index in [2.05, 4.69) is 10.5 Å². The standard InChI is InChI=1S/C25H33N3O5.BrH/c1-28(17-23(29)26-22-14-16-33-27-22)15-8-13-21(28)18-32-24(30)25(31,19-9-4-2-5-10-19)20-11-6-3-7-12-20;/h2,4-5,9-10,14,16,20-21,31H,3,6-8,11-13,15,17-18H2,1H3;1H. The number of nitrogens with one attached hydrogen (secondary N) is 1. The van der Waals surface area contributed by atoms with Gasteiger partial charge >= 0.3 is 5.97 Å². The van der Waals surface area contributed by atoms with Crippen molar-refractivity contribution in [1.29, 1.82) is 0 Å². The summed E-state index contributed by atoms with van der Waals surface area (Å²) in [7, 11) is 2.01. The Morgan fingerprint density at radius 1 is 1.15 bits per heavy atom. The van der Waals surface area contributed by atoms with Gasteiger partial charge in [-0.3, -0.25) is 4.79 Å². The van der Waals surface area contributed by atoms with Crippen LogP contribution in [0.2, 0.25) is 0 Å². The van der Waals surface area contributed by atoms with Gasteiger partial charge in [0.05, 0.1) is 13.6 Å².